The molecule has 1 aromatic heterocycles. The average molecular weight is 268 g/mol. The largest absolute Gasteiger partial charge is 0.389 e. The van der Waals surface area contributed by atoms with Gasteiger partial charge >= 0.3 is 6.18 Å². The van der Waals surface area contributed by atoms with Gasteiger partial charge in [-0.15, -0.1) is 0 Å². The predicted octanol–water partition coefficient (Wildman–Crippen LogP) is 2.64. The molecular formula is C10H15F3N2O3. The van der Waals surface area contributed by atoms with E-state index in [4.69, 9.17) is 14.0 Å². The van der Waals surface area contributed by atoms with Crippen LogP contribution in [0.4, 0.5) is 13.2 Å². The van der Waals surface area contributed by atoms with E-state index in [0.717, 1.165) is 0 Å². The number of halogens is 3. The summed E-state index contributed by atoms with van der Waals surface area (Å²) in [5.74, 6) is 0.0302. The third-order valence-corrected chi connectivity index (χ3v) is 1.95. The molecule has 0 aliphatic rings. The monoisotopic (exact) mass is 268 g/mol. The molecule has 0 amide bonds. The quantitative estimate of drug-likeness (QED) is 0.711. The Kier molecular flexibility index (Phi) is 5.54. The van der Waals surface area contributed by atoms with Crippen LogP contribution in [0.2, 0.25) is 0 Å². The minimum absolute atomic E-state index is 0.00766. The second-order valence-corrected chi connectivity index (χ2v) is 3.41. The zero-order chi connectivity index (χ0) is 13.6. The summed E-state index contributed by atoms with van der Waals surface area (Å²) in [4.78, 5) is 3.82. The fourth-order valence-corrected chi connectivity index (χ4v) is 1.21. The van der Waals surface area contributed by atoms with E-state index >= 15 is 0 Å². The lowest BCUT2D eigenvalue weighted by Crippen LogP contribution is -2.10. The summed E-state index contributed by atoms with van der Waals surface area (Å²) in [6.07, 6.45) is -6.37. The Bertz CT molecular complexity index is 348. The molecule has 0 aliphatic carbocycles. The van der Waals surface area contributed by atoms with Crippen molar-refractivity contribution in [2.75, 3.05) is 13.2 Å². The van der Waals surface area contributed by atoms with Crippen molar-refractivity contribution < 1.29 is 27.2 Å². The van der Waals surface area contributed by atoms with Crippen LogP contribution in [0.3, 0.4) is 0 Å². The highest BCUT2D eigenvalue weighted by Crippen LogP contribution is 2.22. The number of aryl methyl sites for hydroxylation is 1. The molecule has 1 aromatic rings. The van der Waals surface area contributed by atoms with Gasteiger partial charge in [0, 0.05) is 19.6 Å². The van der Waals surface area contributed by atoms with Gasteiger partial charge in [0.25, 0.3) is 5.89 Å². The molecular weight excluding hydrogens is 253 g/mol. The van der Waals surface area contributed by atoms with Crippen molar-refractivity contribution in [3.05, 3.63) is 11.7 Å². The van der Waals surface area contributed by atoms with Gasteiger partial charge in [0.2, 0.25) is 6.29 Å². The summed E-state index contributed by atoms with van der Waals surface area (Å²) < 4.78 is 51.2. The van der Waals surface area contributed by atoms with E-state index in [1.807, 2.05) is 0 Å². The Morgan fingerprint density at radius 1 is 1.22 bits per heavy atom. The van der Waals surface area contributed by atoms with E-state index in [2.05, 4.69) is 10.1 Å². The number of rotatable bonds is 7. The molecule has 0 saturated heterocycles. The molecule has 0 bridgehead atoms. The van der Waals surface area contributed by atoms with Crippen LogP contribution in [-0.2, 0) is 15.9 Å². The van der Waals surface area contributed by atoms with E-state index in [9.17, 15) is 13.2 Å². The molecule has 0 fully saturated rings. The zero-order valence-corrected chi connectivity index (χ0v) is 10.2. The lowest BCUT2D eigenvalue weighted by molar-refractivity contribution is -0.155. The van der Waals surface area contributed by atoms with Gasteiger partial charge in [-0.2, -0.15) is 18.2 Å². The van der Waals surface area contributed by atoms with E-state index < -0.39 is 18.9 Å². The predicted molar refractivity (Wildman–Crippen MR) is 54.7 cm³/mol. The fourth-order valence-electron chi connectivity index (χ4n) is 1.21. The average Bonchev–Trinajstić information content (AvgIpc) is 2.74. The van der Waals surface area contributed by atoms with Crippen molar-refractivity contribution in [1.82, 2.24) is 10.1 Å². The highest BCUT2D eigenvalue weighted by atomic mass is 19.4. The molecule has 0 radical (unpaired) electrons. The number of hydrogen-bond donors (Lipinski definition) is 0. The molecule has 18 heavy (non-hydrogen) atoms. The lowest BCUT2D eigenvalue weighted by Gasteiger charge is -2.11. The van der Waals surface area contributed by atoms with Crippen molar-refractivity contribution >= 4 is 0 Å². The zero-order valence-electron chi connectivity index (χ0n) is 10.2. The topological polar surface area (TPSA) is 57.4 Å². The summed E-state index contributed by atoms with van der Waals surface area (Å²) in [7, 11) is 0. The minimum atomic E-state index is -4.24. The second kappa shape index (κ2) is 6.69. The molecule has 8 heteroatoms. The van der Waals surface area contributed by atoms with Crippen molar-refractivity contribution in [3.8, 4) is 0 Å². The van der Waals surface area contributed by atoms with Crippen LogP contribution in [0.15, 0.2) is 4.52 Å². The highest BCUT2D eigenvalue weighted by molar-refractivity contribution is 4.88. The number of hydrogen-bond acceptors (Lipinski definition) is 5. The van der Waals surface area contributed by atoms with Gasteiger partial charge in [-0.25, -0.2) is 0 Å². The van der Waals surface area contributed by atoms with Gasteiger partial charge in [0.05, 0.1) is 6.42 Å². The molecule has 5 nitrogen and oxygen atoms in total. The van der Waals surface area contributed by atoms with Gasteiger partial charge in [-0.05, 0) is 13.8 Å². The van der Waals surface area contributed by atoms with Crippen molar-refractivity contribution in [2.24, 2.45) is 0 Å². The summed E-state index contributed by atoms with van der Waals surface area (Å²) >= 11 is 0. The maximum atomic E-state index is 12.0. The summed E-state index contributed by atoms with van der Waals surface area (Å²) in [6, 6.07) is 0. The van der Waals surface area contributed by atoms with Crippen LogP contribution >= 0.6 is 0 Å². The van der Waals surface area contributed by atoms with Gasteiger partial charge in [-0.3, -0.25) is 0 Å². The number of nitrogens with zero attached hydrogens (tertiary/aromatic N) is 2. The molecule has 104 valence electrons. The van der Waals surface area contributed by atoms with Crippen molar-refractivity contribution in [1.29, 1.82) is 0 Å². The fraction of sp³-hybridized carbons (Fsp3) is 0.800. The third kappa shape index (κ3) is 5.01. The first kappa shape index (κ1) is 14.9. The standard InChI is InChI=1S/C10H15F3N2O3/c1-3-16-9(17-4-2)8-14-7(15-18-8)5-6-10(11,12)13/h9H,3-6H2,1-2H3. The van der Waals surface area contributed by atoms with E-state index in [-0.39, 0.29) is 18.1 Å². The highest BCUT2D eigenvalue weighted by Gasteiger charge is 2.28. The van der Waals surface area contributed by atoms with Gasteiger partial charge in [0.15, 0.2) is 5.82 Å². The van der Waals surface area contributed by atoms with Gasteiger partial charge < -0.3 is 14.0 Å². The van der Waals surface area contributed by atoms with Crippen LogP contribution in [0.1, 0.15) is 38.3 Å². The molecule has 0 unspecified atom stereocenters. The number of aromatic nitrogens is 2. The molecule has 1 heterocycles. The van der Waals surface area contributed by atoms with E-state index in [1.54, 1.807) is 13.8 Å². The maximum Gasteiger partial charge on any atom is 0.389 e. The third-order valence-electron chi connectivity index (χ3n) is 1.95. The van der Waals surface area contributed by atoms with Gasteiger partial charge in [0.1, 0.15) is 0 Å². The Hall–Kier alpha value is -1.15. The molecule has 0 atom stereocenters. The van der Waals surface area contributed by atoms with Crippen LogP contribution < -0.4 is 0 Å². The van der Waals surface area contributed by atoms with Crippen LogP contribution in [0, 0.1) is 0 Å². The first-order valence-electron chi connectivity index (χ1n) is 5.58. The number of ether oxygens (including phenoxy) is 2. The molecule has 0 N–H and O–H groups in total. The minimum Gasteiger partial charge on any atom is -0.345 e. The molecule has 0 aliphatic heterocycles. The van der Waals surface area contributed by atoms with Crippen LogP contribution in [-0.4, -0.2) is 29.5 Å². The maximum absolute atomic E-state index is 12.0. The molecule has 0 spiro atoms. The van der Waals surface area contributed by atoms with Crippen LogP contribution in [0.25, 0.3) is 0 Å². The molecule has 0 saturated carbocycles. The molecule has 1 rings (SSSR count). The van der Waals surface area contributed by atoms with Crippen molar-refractivity contribution in [2.45, 2.75) is 39.2 Å². The summed E-state index contributed by atoms with van der Waals surface area (Å²) in [6.45, 7) is 4.25. The smallest absolute Gasteiger partial charge is 0.345 e. The Balaban J connectivity index is 2.60. The normalized spacial score (nSPS) is 12.3. The van der Waals surface area contributed by atoms with E-state index in [1.165, 1.54) is 0 Å². The van der Waals surface area contributed by atoms with Crippen molar-refractivity contribution in [3.63, 3.8) is 0 Å². The Labute approximate surface area is 102 Å². The first-order valence-corrected chi connectivity index (χ1v) is 5.58. The molecule has 0 aromatic carbocycles. The van der Waals surface area contributed by atoms with Crippen LogP contribution in [0.5, 0.6) is 0 Å². The number of alkyl halides is 3. The van der Waals surface area contributed by atoms with E-state index in [0.29, 0.717) is 13.2 Å². The van der Waals surface area contributed by atoms with Gasteiger partial charge in [-0.1, -0.05) is 5.16 Å². The Morgan fingerprint density at radius 2 is 1.83 bits per heavy atom. The Morgan fingerprint density at radius 3 is 2.33 bits per heavy atom. The SMILES string of the molecule is CCOC(OCC)c1nc(CCC(F)(F)F)no1. The lowest BCUT2D eigenvalue weighted by atomic mass is 10.3. The summed E-state index contributed by atoms with van der Waals surface area (Å²) in [5, 5.41) is 3.46. The summed E-state index contributed by atoms with van der Waals surface area (Å²) in [5.41, 5.74) is 0. The first-order chi connectivity index (χ1) is 8.46. The second-order valence-electron chi connectivity index (χ2n) is 3.41.